The van der Waals surface area contributed by atoms with Crippen molar-refractivity contribution in [3.63, 3.8) is 0 Å². The van der Waals surface area contributed by atoms with Gasteiger partial charge in [-0.3, -0.25) is 14.5 Å². The quantitative estimate of drug-likeness (QED) is 0.844. The second-order valence-electron chi connectivity index (χ2n) is 5.28. The Hall–Kier alpha value is -0.870. The Bertz CT molecular complexity index is 381. The average molecular weight is 288 g/mol. The summed E-state index contributed by atoms with van der Waals surface area (Å²) in [5, 5.41) is 8.70. The van der Waals surface area contributed by atoms with Gasteiger partial charge in [0.05, 0.1) is 0 Å². The number of allylic oxidation sites excluding steroid dienone is 1. The summed E-state index contributed by atoms with van der Waals surface area (Å²) in [5.74, 6) is -0.565. The first-order valence-corrected chi connectivity index (χ1v) is 6.78. The molecule has 1 saturated heterocycles. The van der Waals surface area contributed by atoms with E-state index in [1.165, 1.54) is 0 Å². The van der Waals surface area contributed by atoms with E-state index in [0.29, 0.717) is 12.5 Å². The van der Waals surface area contributed by atoms with Gasteiger partial charge >= 0.3 is 5.97 Å². The topological polar surface area (TPSA) is 57.6 Å². The van der Waals surface area contributed by atoms with Crippen molar-refractivity contribution in [1.82, 2.24) is 4.90 Å². The van der Waals surface area contributed by atoms with Crippen LogP contribution in [0.1, 0.15) is 45.4 Å². The van der Waals surface area contributed by atoms with Crippen LogP contribution >= 0.6 is 12.4 Å². The molecule has 0 aromatic heterocycles. The van der Waals surface area contributed by atoms with Crippen LogP contribution in [0.25, 0.3) is 0 Å². The molecule has 2 atom stereocenters. The fourth-order valence-corrected chi connectivity index (χ4v) is 3.28. The number of carboxylic acids is 1. The second-order valence-corrected chi connectivity index (χ2v) is 5.28. The van der Waals surface area contributed by atoms with Crippen molar-refractivity contribution in [3.05, 3.63) is 11.6 Å². The third-order valence-electron chi connectivity index (χ3n) is 4.08. The van der Waals surface area contributed by atoms with Gasteiger partial charge in [-0.25, -0.2) is 0 Å². The minimum absolute atomic E-state index is 0. The number of nitrogens with zero attached hydrogens (tertiary/aromatic N) is 1. The van der Waals surface area contributed by atoms with Gasteiger partial charge in [0.15, 0.2) is 5.78 Å². The molecule has 4 nitrogen and oxygen atoms in total. The summed E-state index contributed by atoms with van der Waals surface area (Å²) in [7, 11) is 0. The maximum Gasteiger partial charge on any atom is 0.303 e. The van der Waals surface area contributed by atoms with E-state index in [0.717, 1.165) is 37.8 Å². The highest BCUT2D eigenvalue weighted by atomic mass is 35.5. The van der Waals surface area contributed by atoms with Crippen LogP contribution in [0.5, 0.6) is 0 Å². The van der Waals surface area contributed by atoms with Gasteiger partial charge in [0.25, 0.3) is 0 Å². The van der Waals surface area contributed by atoms with E-state index < -0.39 is 5.97 Å². The highest BCUT2D eigenvalue weighted by molar-refractivity contribution is 5.94. The molecule has 1 N–H and O–H groups in total. The molecule has 2 rings (SSSR count). The van der Waals surface area contributed by atoms with Crippen molar-refractivity contribution in [3.8, 4) is 0 Å². The standard InChI is InChI=1S/C14H21NO3.ClH/c1-10(16)12-5-2-4-11-7-8-13(12)15(11)9-3-6-14(17)18;/h5,11,13H,2-4,6-9H2,1H3,(H,17,18);1H. The van der Waals surface area contributed by atoms with Crippen LogP contribution in [0.15, 0.2) is 11.6 Å². The molecule has 2 bridgehead atoms. The predicted octanol–water partition coefficient (Wildman–Crippen LogP) is 2.42. The van der Waals surface area contributed by atoms with Crippen LogP contribution < -0.4 is 0 Å². The predicted molar refractivity (Wildman–Crippen MR) is 75.6 cm³/mol. The molecule has 0 aliphatic carbocycles. The molecule has 0 radical (unpaired) electrons. The van der Waals surface area contributed by atoms with E-state index in [2.05, 4.69) is 11.0 Å². The molecule has 0 spiro atoms. The van der Waals surface area contributed by atoms with E-state index in [1.807, 2.05) is 0 Å². The Labute approximate surface area is 120 Å². The summed E-state index contributed by atoms with van der Waals surface area (Å²) < 4.78 is 0. The van der Waals surface area contributed by atoms with Crippen molar-refractivity contribution in [1.29, 1.82) is 0 Å². The van der Waals surface area contributed by atoms with Gasteiger partial charge in [0, 0.05) is 24.1 Å². The monoisotopic (exact) mass is 287 g/mol. The van der Waals surface area contributed by atoms with Gasteiger partial charge in [0.1, 0.15) is 0 Å². The third-order valence-corrected chi connectivity index (χ3v) is 4.08. The number of rotatable bonds is 5. The van der Waals surface area contributed by atoms with E-state index in [9.17, 15) is 9.59 Å². The molecule has 1 fully saturated rings. The maximum absolute atomic E-state index is 11.7. The lowest BCUT2D eigenvalue weighted by Crippen LogP contribution is -2.38. The Kier molecular flexibility index (Phi) is 6.01. The number of aliphatic carboxylic acids is 1. The lowest BCUT2D eigenvalue weighted by Gasteiger charge is -2.29. The van der Waals surface area contributed by atoms with Crippen molar-refractivity contribution < 1.29 is 14.7 Å². The Morgan fingerprint density at radius 1 is 1.37 bits per heavy atom. The minimum Gasteiger partial charge on any atom is -0.481 e. The summed E-state index contributed by atoms with van der Waals surface area (Å²) >= 11 is 0. The zero-order valence-electron chi connectivity index (χ0n) is 11.3. The molecule has 5 heteroatoms. The molecule has 0 aromatic carbocycles. The van der Waals surface area contributed by atoms with Crippen molar-refractivity contribution in [2.45, 2.75) is 57.5 Å². The highest BCUT2D eigenvalue weighted by Gasteiger charge is 2.37. The average Bonchev–Trinajstić information content (AvgIpc) is 2.53. The normalized spacial score (nSPS) is 26.3. The number of halogens is 1. The van der Waals surface area contributed by atoms with Crippen LogP contribution in [-0.2, 0) is 9.59 Å². The molecule has 2 aliphatic heterocycles. The van der Waals surface area contributed by atoms with Crippen LogP contribution in [0, 0.1) is 0 Å². The third kappa shape index (κ3) is 3.80. The lowest BCUT2D eigenvalue weighted by molar-refractivity contribution is -0.137. The fourth-order valence-electron chi connectivity index (χ4n) is 3.28. The molecule has 0 saturated carbocycles. The first-order valence-electron chi connectivity index (χ1n) is 6.78. The van der Waals surface area contributed by atoms with Gasteiger partial charge in [-0.15, -0.1) is 12.4 Å². The first kappa shape index (κ1) is 16.2. The number of ketones is 1. The molecular formula is C14H22ClNO3. The number of carboxylic acid groups (broad SMARTS) is 1. The molecule has 108 valence electrons. The van der Waals surface area contributed by atoms with Gasteiger partial charge in [-0.2, -0.15) is 0 Å². The minimum atomic E-state index is -0.737. The number of hydrogen-bond acceptors (Lipinski definition) is 3. The van der Waals surface area contributed by atoms with Gasteiger partial charge in [0.2, 0.25) is 0 Å². The second kappa shape index (κ2) is 7.06. The molecule has 0 aromatic rings. The Morgan fingerprint density at radius 2 is 2.11 bits per heavy atom. The molecule has 0 amide bonds. The zero-order valence-corrected chi connectivity index (χ0v) is 12.1. The van der Waals surface area contributed by atoms with Gasteiger partial charge in [-0.05, 0) is 45.6 Å². The molecular weight excluding hydrogens is 266 g/mol. The summed E-state index contributed by atoms with van der Waals surface area (Å²) in [4.78, 5) is 24.6. The van der Waals surface area contributed by atoms with Crippen LogP contribution in [0.3, 0.4) is 0 Å². The number of fused-ring (bicyclic) bond motifs is 2. The van der Waals surface area contributed by atoms with Crippen molar-refractivity contribution >= 4 is 24.2 Å². The number of Topliss-reactive ketones (excluding diaryl/α,β-unsaturated/α-hetero) is 1. The van der Waals surface area contributed by atoms with Crippen molar-refractivity contribution in [2.75, 3.05) is 6.54 Å². The van der Waals surface area contributed by atoms with Gasteiger partial charge < -0.3 is 5.11 Å². The SMILES string of the molecule is CC(=O)C1=CCCC2CCC1N2CCCC(=O)O.Cl. The van der Waals surface area contributed by atoms with E-state index in [4.69, 9.17) is 5.11 Å². The lowest BCUT2D eigenvalue weighted by atomic mass is 9.97. The smallest absolute Gasteiger partial charge is 0.303 e. The molecule has 2 aliphatic rings. The summed E-state index contributed by atoms with van der Waals surface area (Å²) in [5.41, 5.74) is 0.949. The Balaban J connectivity index is 0.00000180. The van der Waals surface area contributed by atoms with E-state index in [-0.39, 0.29) is 30.7 Å². The molecule has 2 unspecified atom stereocenters. The maximum atomic E-state index is 11.7. The summed E-state index contributed by atoms with van der Waals surface area (Å²) in [6.07, 6.45) is 7.25. The highest BCUT2D eigenvalue weighted by Crippen LogP contribution is 2.35. The van der Waals surface area contributed by atoms with Crippen molar-refractivity contribution in [2.24, 2.45) is 0 Å². The van der Waals surface area contributed by atoms with Crippen LogP contribution in [-0.4, -0.2) is 40.4 Å². The van der Waals surface area contributed by atoms with E-state index >= 15 is 0 Å². The van der Waals surface area contributed by atoms with Crippen LogP contribution in [0.4, 0.5) is 0 Å². The van der Waals surface area contributed by atoms with Gasteiger partial charge in [-0.1, -0.05) is 6.08 Å². The fraction of sp³-hybridized carbons (Fsp3) is 0.714. The Morgan fingerprint density at radius 3 is 2.74 bits per heavy atom. The zero-order chi connectivity index (χ0) is 13.1. The number of carbonyl (C=O) groups excluding carboxylic acids is 1. The first-order chi connectivity index (χ1) is 8.59. The number of carbonyl (C=O) groups is 2. The molecule has 2 heterocycles. The summed E-state index contributed by atoms with van der Waals surface area (Å²) in [6, 6.07) is 0.778. The summed E-state index contributed by atoms with van der Waals surface area (Å²) in [6.45, 7) is 2.44. The number of hydrogen-bond donors (Lipinski definition) is 1. The largest absolute Gasteiger partial charge is 0.481 e. The van der Waals surface area contributed by atoms with E-state index in [1.54, 1.807) is 6.92 Å². The van der Waals surface area contributed by atoms with Crippen LogP contribution in [0.2, 0.25) is 0 Å². The molecule has 19 heavy (non-hydrogen) atoms.